The molecule has 0 atom stereocenters. The van der Waals surface area contributed by atoms with Crippen LogP contribution < -0.4 is 5.73 Å². The Balaban J connectivity index is 2.00. The molecule has 0 aromatic heterocycles. The number of guanidine groups is 1. The van der Waals surface area contributed by atoms with Crippen LogP contribution in [0.1, 0.15) is 5.56 Å². The predicted octanol–water partition coefficient (Wildman–Crippen LogP) is 2.86. The standard InChI is InChI=1S/C12H15Cl2N3S/c13-10-2-1-9(11(14)7-10)8-16-12(15)17-3-5-18-6-4-17/h1-2,7H,3-6,8H2,(H2,15,16). The van der Waals surface area contributed by atoms with E-state index in [2.05, 4.69) is 9.89 Å². The summed E-state index contributed by atoms with van der Waals surface area (Å²) in [5, 5.41) is 1.27. The minimum atomic E-state index is 0.492. The molecule has 18 heavy (non-hydrogen) atoms. The van der Waals surface area contributed by atoms with Crippen molar-refractivity contribution >= 4 is 40.9 Å². The highest BCUT2D eigenvalue weighted by molar-refractivity contribution is 7.99. The fraction of sp³-hybridized carbons (Fsp3) is 0.417. The van der Waals surface area contributed by atoms with Crippen LogP contribution in [-0.4, -0.2) is 35.5 Å². The van der Waals surface area contributed by atoms with E-state index in [9.17, 15) is 0 Å². The average molecular weight is 304 g/mol. The quantitative estimate of drug-likeness (QED) is 0.675. The Bertz CT molecular complexity index is 445. The maximum Gasteiger partial charge on any atom is 0.191 e. The Hall–Kier alpha value is -0.580. The van der Waals surface area contributed by atoms with Crippen molar-refractivity contribution in [2.45, 2.75) is 6.54 Å². The van der Waals surface area contributed by atoms with Gasteiger partial charge in [0, 0.05) is 34.6 Å². The lowest BCUT2D eigenvalue weighted by atomic mass is 10.2. The van der Waals surface area contributed by atoms with Crippen molar-refractivity contribution in [1.29, 1.82) is 0 Å². The van der Waals surface area contributed by atoms with Crippen molar-refractivity contribution in [3.05, 3.63) is 33.8 Å². The van der Waals surface area contributed by atoms with Gasteiger partial charge in [-0.05, 0) is 17.7 Å². The van der Waals surface area contributed by atoms with Gasteiger partial charge in [0.2, 0.25) is 0 Å². The summed E-state index contributed by atoms with van der Waals surface area (Å²) in [5.41, 5.74) is 6.91. The third-order valence-electron chi connectivity index (χ3n) is 2.76. The first-order valence-corrected chi connectivity index (χ1v) is 7.64. The molecule has 0 amide bonds. The van der Waals surface area contributed by atoms with E-state index in [1.54, 1.807) is 6.07 Å². The molecule has 3 nitrogen and oxygen atoms in total. The monoisotopic (exact) mass is 303 g/mol. The van der Waals surface area contributed by atoms with E-state index in [0.717, 1.165) is 30.2 Å². The number of hydrogen-bond donors (Lipinski definition) is 1. The van der Waals surface area contributed by atoms with Crippen molar-refractivity contribution in [1.82, 2.24) is 4.90 Å². The van der Waals surface area contributed by atoms with Gasteiger partial charge in [-0.1, -0.05) is 29.3 Å². The fourth-order valence-corrected chi connectivity index (χ4v) is 3.08. The molecule has 1 aromatic rings. The third-order valence-corrected chi connectivity index (χ3v) is 4.29. The van der Waals surface area contributed by atoms with Gasteiger partial charge in [0.25, 0.3) is 0 Å². The van der Waals surface area contributed by atoms with Gasteiger partial charge in [0.05, 0.1) is 6.54 Å². The molecule has 1 saturated heterocycles. The van der Waals surface area contributed by atoms with E-state index in [1.807, 2.05) is 23.9 Å². The molecule has 2 N–H and O–H groups in total. The SMILES string of the molecule is NC(=NCc1ccc(Cl)cc1Cl)N1CCSCC1. The van der Waals surface area contributed by atoms with Gasteiger partial charge in [-0.25, -0.2) is 4.99 Å². The van der Waals surface area contributed by atoms with Gasteiger partial charge in [0.1, 0.15) is 0 Å². The van der Waals surface area contributed by atoms with Crippen LogP contribution in [0.15, 0.2) is 23.2 Å². The molecule has 0 bridgehead atoms. The molecule has 1 aliphatic heterocycles. The van der Waals surface area contributed by atoms with Crippen molar-refractivity contribution < 1.29 is 0 Å². The van der Waals surface area contributed by atoms with Crippen LogP contribution >= 0.6 is 35.0 Å². The minimum Gasteiger partial charge on any atom is -0.370 e. The molecule has 98 valence electrons. The number of benzene rings is 1. The summed E-state index contributed by atoms with van der Waals surface area (Å²) in [7, 11) is 0. The van der Waals surface area contributed by atoms with Crippen molar-refractivity contribution in [3.63, 3.8) is 0 Å². The number of thioether (sulfide) groups is 1. The number of nitrogens with zero attached hydrogens (tertiary/aromatic N) is 2. The van der Waals surface area contributed by atoms with Gasteiger partial charge < -0.3 is 10.6 Å². The molecule has 0 radical (unpaired) electrons. The van der Waals surface area contributed by atoms with Crippen molar-refractivity contribution in [2.75, 3.05) is 24.6 Å². The summed E-state index contributed by atoms with van der Waals surface area (Å²) in [4.78, 5) is 6.50. The van der Waals surface area contributed by atoms with Gasteiger partial charge in [0.15, 0.2) is 5.96 Å². The molecule has 1 aromatic carbocycles. The van der Waals surface area contributed by atoms with Crippen molar-refractivity contribution in [3.8, 4) is 0 Å². The Kier molecular flexibility index (Phi) is 5.03. The zero-order valence-corrected chi connectivity index (χ0v) is 12.2. The van der Waals surface area contributed by atoms with Gasteiger partial charge >= 0.3 is 0 Å². The lowest BCUT2D eigenvalue weighted by Crippen LogP contribution is -2.42. The molecule has 1 heterocycles. The lowest BCUT2D eigenvalue weighted by molar-refractivity contribution is 0.455. The molecule has 0 aliphatic carbocycles. The highest BCUT2D eigenvalue weighted by Crippen LogP contribution is 2.21. The van der Waals surface area contributed by atoms with E-state index in [0.29, 0.717) is 22.5 Å². The van der Waals surface area contributed by atoms with Crippen LogP contribution in [0.3, 0.4) is 0 Å². The summed E-state index contributed by atoms with van der Waals surface area (Å²) < 4.78 is 0. The van der Waals surface area contributed by atoms with Gasteiger partial charge in [-0.15, -0.1) is 0 Å². The smallest absolute Gasteiger partial charge is 0.191 e. The maximum atomic E-state index is 6.09. The van der Waals surface area contributed by atoms with Crippen LogP contribution in [0.25, 0.3) is 0 Å². The Labute approximate surface area is 121 Å². The molecule has 2 rings (SSSR count). The third kappa shape index (κ3) is 3.70. The first-order chi connectivity index (χ1) is 8.66. The summed E-state index contributed by atoms with van der Waals surface area (Å²) in [5.74, 6) is 2.82. The van der Waals surface area contributed by atoms with Gasteiger partial charge in [-0.3, -0.25) is 0 Å². The second kappa shape index (κ2) is 6.55. The summed E-state index contributed by atoms with van der Waals surface area (Å²) >= 11 is 13.9. The second-order valence-corrected chi connectivity index (χ2v) is 6.08. The molecule has 6 heteroatoms. The molecular formula is C12H15Cl2N3S. The largest absolute Gasteiger partial charge is 0.370 e. The Morgan fingerprint density at radius 2 is 2.06 bits per heavy atom. The van der Waals surface area contributed by atoms with E-state index in [4.69, 9.17) is 28.9 Å². The maximum absolute atomic E-state index is 6.09. The minimum absolute atomic E-state index is 0.492. The number of rotatable bonds is 2. The number of halogens is 2. The first kappa shape index (κ1) is 13.8. The Morgan fingerprint density at radius 3 is 2.72 bits per heavy atom. The van der Waals surface area contributed by atoms with Crippen LogP contribution in [-0.2, 0) is 6.54 Å². The zero-order chi connectivity index (χ0) is 13.0. The van der Waals surface area contributed by atoms with E-state index in [-0.39, 0.29) is 0 Å². The number of hydrogen-bond acceptors (Lipinski definition) is 2. The number of nitrogens with two attached hydrogens (primary N) is 1. The topological polar surface area (TPSA) is 41.6 Å². The van der Waals surface area contributed by atoms with Crippen LogP contribution in [0, 0.1) is 0 Å². The lowest BCUT2D eigenvalue weighted by Gasteiger charge is -2.27. The highest BCUT2D eigenvalue weighted by Gasteiger charge is 2.12. The zero-order valence-electron chi connectivity index (χ0n) is 9.90. The van der Waals surface area contributed by atoms with E-state index < -0.39 is 0 Å². The molecule has 0 saturated carbocycles. The summed E-state index contributed by atoms with van der Waals surface area (Å²) in [6.07, 6.45) is 0. The average Bonchev–Trinajstić information content (AvgIpc) is 2.38. The van der Waals surface area contributed by atoms with E-state index in [1.165, 1.54) is 0 Å². The summed E-state index contributed by atoms with van der Waals surface area (Å²) in [6.45, 7) is 2.42. The normalized spacial score (nSPS) is 17.0. The van der Waals surface area contributed by atoms with Crippen LogP contribution in [0.2, 0.25) is 10.0 Å². The molecule has 0 spiro atoms. The highest BCUT2D eigenvalue weighted by atomic mass is 35.5. The molecular weight excluding hydrogens is 289 g/mol. The van der Waals surface area contributed by atoms with Crippen molar-refractivity contribution in [2.24, 2.45) is 10.7 Å². The molecule has 0 unspecified atom stereocenters. The Morgan fingerprint density at radius 1 is 1.33 bits per heavy atom. The second-order valence-electron chi connectivity index (χ2n) is 4.01. The fourth-order valence-electron chi connectivity index (χ4n) is 1.71. The van der Waals surface area contributed by atoms with E-state index >= 15 is 0 Å². The first-order valence-electron chi connectivity index (χ1n) is 5.73. The van der Waals surface area contributed by atoms with Gasteiger partial charge in [-0.2, -0.15) is 11.8 Å². The van der Waals surface area contributed by atoms with Crippen LogP contribution in [0.5, 0.6) is 0 Å². The predicted molar refractivity (Wildman–Crippen MR) is 80.7 cm³/mol. The molecule has 1 fully saturated rings. The van der Waals surface area contributed by atoms with Crippen LogP contribution in [0.4, 0.5) is 0 Å². The molecule has 1 aliphatic rings. The summed E-state index contributed by atoms with van der Waals surface area (Å²) in [6, 6.07) is 5.42. The number of aliphatic imine (C=N–C) groups is 1.